The van der Waals surface area contributed by atoms with Crippen LogP contribution in [-0.4, -0.2) is 18.7 Å². The standard InChI is InChI=1S/C18H18N4O2S/c1-3-4-7-24-14-6-5-11(8-15(14)23-2)16-12(9-19)17(21)22-18(25)13(16)10-20/h5-6,8H,3-4,7H2,1-2H3,(H3,21,22,25). The molecule has 25 heavy (non-hydrogen) atoms. The van der Waals surface area contributed by atoms with Gasteiger partial charge in [-0.25, -0.2) is 0 Å². The molecule has 1 aromatic heterocycles. The van der Waals surface area contributed by atoms with E-state index < -0.39 is 0 Å². The Bertz CT molecular complexity index is 922. The largest absolute Gasteiger partial charge is 0.493 e. The van der Waals surface area contributed by atoms with Crippen LogP contribution in [0.4, 0.5) is 5.82 Å². The normalized spacial score (nSPS) is 9.92. The molecule has 0 fully saturated rings. The van der Waals surface area contributed by atoms with Gasteiger partial charge in [-0.2, -0.15) is 10.5 Å². The Morgan fingerprint density at radius 1 is 1.20 bits per heavy atom. The molecule has 0 amide bonds. The fraction of sp³-hybridized carbons (Fsp3) is 0.278. The number of nitrogens with zero attached hydrogens (tertiary/aromatic N) is 2. The van der Waals surface area contributed by atoms with Gasteiger partial charge in [-0.1, -0.05) is 31.6 Å². The van der Waals surface area contributed by atoms with E-state index in [0.717, 1.165) is 12.8 Å². The van der Waals surface area contributed by atoms with Crippen molar-refractivity contribution in [2.24, 2.45) is 0 Å². The topological polar surface area (TPSA) is 108 Å². The Balaban J connectivity index is 2.62. The first-order chi connectivity index (χ1) is 12.1. The lowest BCUT2D eigenvalue weighted by Crippen LogP contribution is -2.02. The molecule has 0 aliphatic heterocycles. The molecule has 2 aromatic rings. The molecule has 1 heterocycles. The van der Waals surface area contributed by atoms with E-state index in [1.54, 1.807) is 18.2 Å². The number of H-pyrrole nitrogens is 1. The van der Waals surface area contributed by atoms with Gasteiger partial charge in [0.1, 0.15) is 28.2 Å². The number of aromatic nitrogens is 1. The fourth-order valence-corrected chi connectivity index (χ4v) is 2.66. The Hall–Kier alpha value is -3.03. The predicted molar refractivity (Wildman–Crippen MR) is 97.9 cm³/mol. The second-order valence-electron chi connectivity index (χ2n) is 5.28. The summed E-state index contributed by atoms with van der Waals surface area (Å²) in [6, 6.07) is 9.30. The number of pyridine rings is 1. The summed E-state index contributed by atoms with van der Waals surface area (Å²) >= 11 is 5.17. The average molecular weight is 354 g/mol. The second kappa shape index (κ2) is 8.18. The van der Waals surface area contributed by atoms with Crippen LogP contribution in [0.25, 0.3) is 11.1 Å². The fourth-order valence-electron chi connectivity index (χ4n) is 2.40. The van der Waals surface area contributed by atoms with Gasteiger partial charge in [0.05, 0.1) is 19.3 Å². The first-order valence-electron chi connectivity index (χ1n) is 7.74. The van der Waals surface area contributed by atoms with Gasteiger partial charge in [0.2, 0.25) is 0 Å². The number of hydrogen-bond acceptors (Lipinski definition) is 6. The van der Waals surface area contributed by atoms with Gasteiger partial charge < -0.3 is 20.2 Å². The number of nitriles is 2. The lowest BCUT2D eigenvalue weighted by molar-refractivity contribution is 0.288. The molecule has 0 radical (unpaired) electrons. The molecule has 0 aliphatic carbocycles. The van der Waals surface area contributed by atoms with E-state index in [4.69, 9.17) is 27.4 Å². The SMILES string of the molecule is CCCCOc1ccc(-c2c(C#N)c(N)[nH]c(=S)c2C#N)cc1OC. The van der Waals surface area contributed by atoms with Gasteiger partial charge in [-0.05, 0) is 24.1 Å². The minimum absolute atomic E-state index is 0.128. The molecule has 0 bridgehead atoms. The van der Waals surface area contributed by atoms with Crippen LogP contribution in [0.2, 0.25) is 0 Å². The van der Waals surface area contributed by atoms with E-state index >= 15 is 0 Å². The molecule has 3 N–H and O–H groups in total. The zero-order valence-corrected chi connectivity index (χ0v) is 14.9. The number of ether oxygens (including phenoxy) is 2. The maximum absolute atomic E-state index is 9.45. The van der Waals surface area contributed by atoms with Crippen LogP contribution in [0.15, 0.2) is 18.2 Å². The minimum atomic E-state index is 0.128. The van der Waals surface area contributed by atoms with Gasteiger partial charge in [0.15, 0.2) is 11.5 Å². The number of benzene rings is 1. The van der Waals surface area contributed by atoms with Crippen molar-refractivity contribution in [3.8, 4) is 34.8 Å². The van der Waals surface area contributed by atoms with Crippen molar-refractivity contribution in [1.29, 1.82) is 10.5 Å². The predicted octanol–water partition coefficient (Wildman–Crippen LogP) is 3.92. The van der Waals surface area contributed by atoms with Crippen LogP contribution in [0.1, 0.15) is 30.9 Å². The van der Waals surface area contributed by atoms with Gasteiger partial charge in [-0.3, -0.25) is 0 Å². The number of anilines is 1. The van der Waals surface area contributed by atoms with Crippen LogP contribution >= 0.6 is 12.2 Å². The van der Waals surface area contributed by atoms with Crippen molar-refractivity contribution in [1.82, 2.24) is 4.98 Å². The van der Waals surface area contributed by atoms with E-state index in [1.807, 2.05) is 12.1 Å². The summed E-state index contributed by atoms with van der Waals surface area (Å²) in [7, 11) is 1.54. The maximum Gasteiger partial charge on any atom is 0.161 e. The van der Waals surface area contributed by atoms with Crippen molar-refractivity contribution >= 4 is 18.0 Å². The lowest BCUT2D eigenvalue weighted by atomic mass is 9.96. The smallest absolute Gasteiger partial charge is 0.161 e. The molecule has 2 rings (SSSR count). The number of nitrogen functional groups attached to an aromatic ring is 1. The summed E-state index contributed by atoms with van der Waals surface area (Å²) < 4.78 is 11.3. The third-order valence-corrected chi connectivity index (χ3v) is 3.98. The van der Waals surface area contributed by atoms with Crippen LogP contribution < -0.4 is 15.2 Å². The number of nitrogens with one attached hydrogen (secondary N) is 1. The highest BCUT2D eigenvalue weighted by Gasteiger charge is 2.18. The minimum Gasteiger partial charge on any atom is -0.493 e. The van der Waals surface area contributed by atoms with Crippen LogP contribution in [0.5, 0.6) is 11.5 Å². The quantitative estimate of drug-likeness (QED) is 0.601. The van der Waals surface area contributed by atoms with Gasteiger partial charge >= 0.3 is 0 Å². The third-order valence-electron chi connectivity index (χ3n) is 3.68. The summed E-state index contributed by atoms with van der Waals surface area (Å²) in [5.41, 5.74) is 7.24. The van der Waals surface area contributed by atoms with Gasteiger partial charge in [0, 0.05) is 5.56 Å². The summed E-state index contributed by atoms with van der Waals surface area (Å²) in [4.78, 5) is 2.69. The van der Waals surface area contributed by atoms with Gasteiger partial charge in [0.25, 0.3) is 0 Å². The van der Waals surface area contributed by atoms with E-state index in [9.17, 15) is 10.5 Å². The zero-order chi connectivity index (χ0) is 18.4. The molecule has 6 nitrogen and oxygen atoms in total. The van der Waals surface area contributed by atoms with E-state index in [0.29, 0.717) is 29.2 Å². The van der Waals surface area contributed by atoms with Crippen molar-refractivity contribution in [2.45, 2.75) is 19.8 Å². The van der Waals surface area contributed by atoms with E-state index in [-0.39, 0.29) is 21.6 Å². The number of unbranched alkanes of at least 4 members (excludes halogenated alkanes) is 1. The second-order valence-corrected chi connectivity index (χ2v) is 5.69. The molecular weight excluding hydrogens is 336 g/mol. The molecule has 1 aromatic carbocycles. The summed E-state index contributed by atoms with van der Waals surface area (Å²) in [6.45, 7) is 2.67. The Kier molecular flexibility index (Phi) is 5.99. The maximum atomic E-state index is 9.45. The molecule has 0 spiro atoms. The highest BCUT2D eigenvalue weighted by Crippen LogP contribution is 2.36. The van der Waals surface area contributed by atoms with Crippen LogP contribution in [0, 0.1) is 27.3 Å². The Morgan fingerprint density at radius 2 is 1.92 bits per heavy atom. The zero-order valence-electron chi connectivity index (χ0n) is 14.0. The highest BCUT2D eigenvalue weighted by molar-refractivity contribution is 7.71. The van der Waals surface area contributed by atoms with Crippen molar-refractivity contribution in [2.75, 3.05) is 19.5 Å². The molecule has 0 atom stereocenters. The Morgan fingerprint density at radius 3 is 2.52 bits per heavy atom. The van der Waals surface area contributed by atoms with E-state index in [2.05, 4.69) is 11.9 Å². The molecule has 0 saturated heterocycles. The van der Waals surface area contributed by atoms with Crippen LogP contribution in [-0.2, 0) is 0 Å². The van der Waals surface area contributed by atoms with E-state index in [1.165, 1.54) is 7.11 Å². The molecule has 128 valence electrons. The third kappa shape index (κ3) is 3.73. The highest BCUT2D eigenvalue weighted by atomic mass is 32.1. The summed E-state index contributed by atoms with van der Waals surface area (Å²) in [5, 5.41) is 18.9. The number of aromatic amines is 1. The monoisotopic (exact) mass is 354 g/mol. The molecular formula is C18H18N4O2S. The average Bonchev–Trinajstić information content (AvgIpc) is 2.61. The van der Waals surface area contributed by atoms with Crippen LogP contribution in [0.3, 0.4) is 0 Å². The first kappa shape index (κ1) is 18.3. The number of rotatable bonds is 6. The molecule has 0 saturated carbocycles. The summed E-state index contributed by atoms with van der Waals surface area (Å²) in [6.07, 6.45) is 1.96. The van der Waals surface area contributed by atoms with Crippen molar-refractivity contribution in [3.05, 3.63) is 34.0 Å². The van der Waals surface area contributed by atoms with Crippen molar-refractivity contribution < 1.29 is 9.47 Å². The number of methoxy groups -OCH3 is 1. The van der Waals surface area contributed by atoms with Gasteiger partial charge in [-0.15, -0.1) is 0 Å². The Labute approximate surface area is 151 Å². The number of nitrogens with two attached hydrogens (primary N) is 1. The number of hydrogen-bond donors (Lipinski definition) is 2. The molecule has 0 aliphatic rings. The molecule has 7 heteroatoms. The van der Waals surface area contributed by atoms with Crippen molar-refractivity contribution in [3.63, 3.8) is 0 Å². The molecule has 0 unspecified atom stereocenters. The lowest BCUT2D eigenvalue weighted by Gasteiger charge is -2.14. The summed E-state index contributed by atoms with van der Waals surface area (Å²) in [5.74, 6) is 1.24. The first-order valence-corrected chi connectivity index (χ1v) is 8.15.